The molecule has 8 N–H and O–H groups in total. The summed E-state index contributed by atoms with van der Waals surface area (Å²) >= 11 is 0. The van der Waals surface area contributed by atoms with Crippen LogP contribution in [0.5, 0.6) is 0 Å². The molecule has 0 fully saturated rings. The molecule has 51 heavy (non-hydrogen) atoms. The van der Waals surface area contributed by atoms with Gasteiger partial charge >= 0.3 is 15.2 Å². The molecule has 0 bridgehead atoms. The molecule has 14 heteroatoms. The van der Waals surface area contributed by atoms with Crippen molar-refractivity contribution in [2.24, 2.45) is 22.9 Å². The van der Waals surface area contributed by atoms with Gasteiger partial charge in [-0.15, -0.1) is 0 Å². The van der Waals surface area contributed by atoms with E-state index in [9.17, 15) is 9.13 Å². The van der Waals surface area contributed by atoms with Crippen molar-refractivity contribution >= 4 is 15.2 Å². The molecule has 0 aliphatic rings. The molecule has 2 unspecified atom stereocenters. The molecule has 0 aromatic carbocycles. The van der Waals surface area contributed by atoms with Crippen LogP contribution in [0, 0.1) is 0 Å². The number of rotatable bonds is 42. The molecule has 0 radical (unpaired) electrons. The van der Waals surface area contributed by atoms with Gasteiger partial charge < -0.3 is 50.8 Å². The molecule has 2 atom stereocenters. The molecule has 0 aromatic heterocycles. The predicted molar refractivity (Wildman–Crippen MR) is 217 cm³/mol. The highest BCUT2D eigenvalue weighted by atomic mass is 31.2. The Morgan fingerprint density at radius 3 is 0.882 bits per heavy atom. The minimum absolute atomic E-state index is 0.382. The van der Waals surface area contributed by atoms with Crippen molar-refractivity contribution < 1.29 is 27.2 Å². The Kier molecular flexibility index (Phi) is 37.1. The standard InChI is InChI=1S/C37H84N6O6P2/c1-3-5-7-10-14-32-46-50(44,36-30-42(26-18-22-38)27-19-23-39)48-34-16-12-9-13-17-35-49-51(45,47-33-15-11-8-6-4-2)37-31-43(28-20-24-40)29-21-25-41/h3-41H2,1-2H3. The monoisotopic (exact) mass is 771 g/mol. The van der Waals surface area contributed by atoms with Gasteiger partial charge in [0.05, 0.1) is 38.8 Å². The minimum atomic E-state index is -3.21. The van der Waals surface area contributed by atoms with Crippen LogP contribution >= 0.6 is 15.2 Å². The molecular weight excluding hydrogens is 686 g/mol. The van der Waals surface area contributed by atoms with Gasteiger partial charge in [-0.1, -0.05) is 84.5 Å². The fourth-order valence-corrected chi connectivity index (χ4v) is 9.10. The quantitative estimate of drug-likeness (QED) is 0.0359. The van der Waals surface area contributed by atoms with Crippen molar-refractivity contribution in [1.82, 2.24) is 9.80 Å². The van der Waals surface area contributed by atoms with Gasteiger partial charge in [0.1, 0.15) is 0 Å². The summed E-state index contributed by atoms with van der Waals surface area (Å²) in [5, 5.41) is 0. The Hall–Kier alpha value is 0.0600. The second-order valence-electron chi connectivity index (χ2n) is 13.9. The average Bonchev–Trinajstić information content (AvgIpc) is 3.13. The molecule has 0 rings (SSSR count). The van der Waals surface area contributed by atoms with Crippen LogP contribution < -0.4 is 22.9 Å². The first-order chi connectivity index (χ1) is 24.8. The highest BCUT2D eigenvalue weighted by molar-refractivity contribution is 7.54. The van der Waals surface area contributed by atoms with Gasteiger partial charge in [0.25, 0.3) is 0 Å². The van der Waals surface area contributed by atoms with Gasteiger partial charge in [-0.2, -0.15) is 0 Å². The third kappa shape index (κ3) is 32.1. The van der Waals surface area contributed by atoms with Gasteiger partial charge in [0.15, 0.2) is 0 Å². The summed E-state index contributed by atoms with van der Waals surface area (Å²) in [6.07, 6.45) is 20.0. The summed E-state index contributed by atoms with van der Waals surface area (Å²) in [5.74, 6) is 0. The molecular formula is C37H84N6O6P2. The summed E-state index contributed by atoms with van der Waals surface area (Å²) in [4.78, 5) is 4.55. The third-order valence-corrected chi connectivity index (χ3v) is 12.8. The van der Waals surface area contributed by atoms with Crippen molar-refractivity contribution in [2.45, 2.75) is 136 Å². The van der Waals surface area contributed by atoms with Gasteiger partial charge in [0, 0.05) is 13.1 Å². The van der Waals surface area contributed by atoms with E-state index in [0.717, 1.165) is 110 Å². The zero-order valence-corrected chi connectivity index (χ0v) is 35.1. The van der Waals surface area contributed by atoms with Crippen LogP contribution in [0.1, 0.15) is 136 Å². The summed E-state index contributed by atoms with van der Waals surface area (Å²) in [6, 6.07) is 0. The molecule has 0 amide bonds. The largest absolute Gasteiger partial charge is 0.331 e. The maximum atomic E-state index is 13.8. The smallest absolute Gasteiger partial charge is 0.330 e. The topological polar surface area (TPSA) is 182 Å². The van der Waals surface area contributed by atoms with Crippen molar-refractivity contribution in [3.05, 3.63) is 0 Å². The van der Waals surface area contributed by atoms with Crippen molar-refractivity contribution in [3.8, 4) is 0 Å². The van der Waals surface area contributed by atoms with E-state index in [1.807, 2.05) is 0 Å². The summed E-state index contributed by atoms with van der Waals surface area (Å²) in [7, 11) is -6.42. The Balaban J connectivity index is 4.80. The Morgan fingerprint density at radius 2 is 0.627 bits per heavy atom. The van der Waals surface area contributed by atoms with Gasteiger partial charge in [-0.3, -0.25) is 9.13 Å². The van der Waals surface area contributed by atoms with E-state index in [4.69, 9.17) is 41.0 Å². The lowest BCUT2D eigenvalue weighted by atomic mass is 10.2. The predicted octanol–water partition coefficient (Wildman–Crippen LogP) is 7.33. The normalized spacial score (nSPS) is 14.4. The Morgan fingerprint density at radius 1 is 0.373 bits per heavy atom. The second kappa shape index (κ2) is 37.0. The number of nitrogens with zero attached hydrogens (tertiary/aromatic N) is 2. The first-order valence-electron chi connectivity index (χ1n) is 20.8. The van der Waals surface area contributed by atoms with Crippen LogP contribution in [0.3, 0.4) is 0 Å². The van der Waals surface area contributed by atoms with E-state index in [-0.39, 0.29) is 0 Å². The van der Waals surface area contributed by atoms with E-state index >= 15 is 0 Å². The first-order valence-corrected chi connectivity index (χ1v) is 24.3. The first kappa shape index (κ1) is 51.1. The van der Waals surface area contributed by atoms with Crippen LogP contribution in [0.4, 0.5) is 0 Å². The molecule has 0 saturated carbocycles. The fraction of sp³-hybridized carbons (Fsp3) is 1.00. The lowest BCUT2D eigenvalue weighted by molar-refractivity contribution is 0.189. The summed E-state index contributed by atoms with van der Waals surface area (Å²) in [6.45, 7) is 13.4. The molecule has 0 heterocycles. The highest BCUT2D eigenvalue weighted by Gasteiger charge is 2.27. The van der Waals surface area contributed by atoms with E-state index in [2.05, 4.69) is 23.6 Å². The molecule has 0 spiro atoms. The zero-order chi connectivity index (χ0) is 37.7. The van der Waals surface area contributed by atoms with Crippen LogP contribution in [0.15, 0.2) is 0 Å². The molecule has 12 nitrogen and oxygen atoms in total. The van der Waals surface area contributed by atoms with Crippen LogP contribution in [-0.2, 0) is 27.2 Å². The maximum Gasteiger partial charge on any atom is 0.331 e. The van der Waals surface area contributed by atoms with Crippen LogP contribution in [-0.4, -0.2) is 114 Å². The average molecular weight is 771 g/mol. The van der Waals surface area contributed by atoms with Crippen molar-refractivity contribution in [2.75, 3.05) is 104 Å². The summed E-state index contributed by atoms with van der Waals surface area (Å²) in [5.41, 5.74) is 23.0. The lowest BCUT2D eigenvalue weighted by Gasteiger charge is -2.25. The Labute approximate surface area is 314 Å². The SMILES string of the molecule is CCCCCCCOP(=O)(CCN(CCCN)CCCN)OCCCCCCCOP(=O)(CCN(CCCN)CCCN)OCCCCCCC. The van der Waals surface area contributed by atoms with Crippen molar-refractivity contribution in [1.29, 1.82) is 0 Å². The van der Waals surface area contributed by atoms with E-state index in [1.54, 1.807) is 0 Å². The fourth-order valence-electron chi connectivity index (χ4n) is 5.75. The third-order valence-electron chi connectivity index (χ3n) is 9.03. The molecule has 0 saturated heterocycles. The second-order valence-corrected chi connectivity index (χ2v) is 18.2. The van der Waals surface area contributed by atoms with E-state index < -0.39 is 15.2 Å². The lowest BCUT2D eigenvalue weighted by Crippen LogP contribution is -2.31. The Bertz CT molecular complexity index is 754. The van der Waals surface area contributed by atoms with Crippen molar-refractivity contribution in [3.63, 3.8) is 0 Å². The summed E-state index contributed by atoms with van der Waals surface area (Å²) < 4.78 is 51.5. The molecule has 0 aromatic rings. The number of unbranched alkanes of at least 4 members (excludes halogenated alkanes) is 12. The molecule has 0 aliphatic heterocycles. The van der Waals surface area contributed by atoms with Gasteiger partial charge in [-0.05, 0) is 104 Å². The number of hydrogen-bond acceptors (Lipinski definition) is 12. The maximum absolute atomic E-state index is 13.8. The zero-order valence-electron chi connectivity index (χ0n) is 33.3. The van der Waals surface area contributed by atoms with E-state index in [0.29, 0.717) is 78.0 Å². The van der Waals surface area contributed by atoms with Gasteiger partial charge in [0.2, 0.25) is 0 Å². The van der Waals surface area contributed by atoms with E-state index in [1.165, 1.54) is 38.5 Å². The van der Waals surface area contributed by atoms with Gasteiger partial charge in [-0.25, -0.2) is 0 Å². The number of hydrogen-bond donors (Lipinski definition) is 4. The van der Waals surface area contributed by atoms with Crippen LogP contribution in [0.25, 0.3) is 0 Å². The number of nitrogens with two attached hydrogens (primary N) is 4. The highest BCUT2D eigenvalue weighted by Crippen LogP contribution is 2.49. The minimum Gasteiger partial charge on any atom is -0.330 e. The molecule has 308 valence electrons. The van der Waals surface area contributed by atoms with Crippen LogP contribution in [0.2, 0.25) is 0 Å². The molecule has 0 aliphatic carbocycles.